The Labute approximate surface area is 145 Å². The van der Waals surface area contributed by atoms with E-state index in [-0.39, 0.29) is 18.9 Å². The lowest BCUT2D eigenvalue weighted by Gasteiger charge is -2.09. The van der Waals surface area contributed by atoms with Crippen LogP contribution in [0.25, 0.3) is 0 Å². The zero-order valence-corrected chi connectivity index (χ0v) is 13.2. The van der Waals surface area contributed by atoms with E-state index < -0.39 is 23.6 Å². The van der Waals surface area contributed by atoms with Gasteiger partial charge >= 0.3 is 6.18 Å². The summed E-state index contributed by atoms with van der Waals surface area (Å²) in [5.74, 6) is -0.0844. The number of nitrogens with one attached hydrogen (secondary N) is 2. The van der Waals surface area contributed by atoms with Gasteiger partial charge in [0.2, 0.25) is 12.7 Å². The summed E-state index contributed by atoms with van der Waals surface area (Å²) in [5, 5.41) is 4.91. The van der Waals surface area contributed by atoms with Crippen molar-refractivity contribution in [2.75, 3.05) is 18.7 Å². The number of hydrogen-bond donors (Lipinski definition) is 2. The Bertz CT molecular complexity index is 835. The molecule has 2 N–H and O–H groups in total. The van der Waals surface area contributed by atoms with E-state index in [4.69, 9.17) is 9.47 Å². The summed E-state index contributed by atoms with van der Waals surface area (Å²) in [5.41, 5.74) is -0.369. The fourth-order valence-corrected chi connectivity index (χ4v) is 2.25. The summed E-state index contributed by atoms with van der Waals surface area (Å²) in [4.78, 5) is 23.8. The molecule has 136 valence electrons. The number of rotatable bonds is 4. The Morgan fingerprint density at radius 3 is 2.38 bits per heavy atom. The zero-order valence-electron chi connectivity index (χ0n) is 13.2. The number of carbonyl (C=O) groups excluding carboxylic acids is 2. The predicted molar refractivity (Wildman–Crippen MR) is 85.0 cm³/mol. The van der Waals surface area contributed by atoms with Gasteiger partial charge in [-0.15, -0.1) is 0 Å². The van der Waals surface area contributed by atoms with Crippen LogP contribution in [0, 0.1) is 0 Å². The average molecular weight is 366 g/mol. The van der Waals surface area contributed by atoms with Gasteiger partial charge in [-0.3, -0.25) is 9.59 Å². The first kappa shape index (κ1) is 17.6. The molecule has 0 aliphatic carbocycles. The largest absolute Gasteiger partial charge is 0.454 e. The van der Waals surface area contributed by atoms with Crippen LogP contribution in [0.2, 0.25) is 0 Å². The van der Waals surface area contributed by atoms with Crippen LogP contribution in [0.3, 0.4) is 0 Å². The molecule has 0 bridgehead atoms. The van der Waals surface area contributed by atoms with Crippen molar-refractivity contribution in [2.45, 2.75) is 6.18 Å². The molecule has 1 heterocycles. The molecule has 9 heteroatoms. The SMILES string of the molecule is O=C(CNC(=O)c1ccc(C(F)(F)F)cc1)Nc1ccc2c(c1)OCO2. The van der Waals surface area contributed by atoms with Gasteiger partial charge in [0.25, 0.3) is 5.91 Å². The first-order chi connectivity index (χ1) is 12.3. The standard InChI is InChI=1S/C17H13F3N2O4/c18-17(19,20)11-3-1-10(2-4-11)16(24)21-8-15(23)22-12-5-6-13-14(7-12)26-9-25-13/h1-7H,8-9H2,(H,21,24)(H,22,23). The quantitative estimate of drug-likeness (QED) is 0.873. The van der Waals surface area contributed by atoms with Gasteiger partial charge < -0.3 is 20.1 Å². The molecule has 0 saturated heterocycles. The van der Waals surface area contributed by atoms with E-state index in [0.29, 0.717) is 17.2 Å². The molecule has 2 aromatic rings. The molecule has 0 saturated carbocycles. The highest BCUT2D eigenvalue weighted by atomic mass is 19.4. The maximum absolute atomic E-state index is 12.5. The maximum atomic E-state index is 12.5. The van der Waals surface area contributed by atoms with Crippen molar-refractivity contribution in [1.82, 2.24) is 5.32 Å². The molecule has 2 amide bonds. The van der Waals surface area contributed by atoms with E-state index in [9.17, 15) is 22.8 Å². The first-order valence-corrected chi connectivity index (χ1v) is 7.48. The summed E-state index contributed by atoms with van der Waals surface area (Å²) in [6, 6.07) is 8.55. The van der Waals surface area contributed by atoms with Gasteiger partial charge in [0, 0.05) is 17.3 Å². The molecule has 0 spiro atoms. The summed E-state index contributed by atoms with van der Waals surface area (Å²) in [7, 11) is 0. The van der Waals surface area contributed by atoms with Crippen molar-refractivity contribution in [2.24, 2.45) is 0 Å². The van der Waals surface area contributed by atoms with E-state index in [2.05, 4.69) is 10.6 Å². The first-order valence-electron chi connectivity index (χ1n) is 7.48. The normalized spacial score (nSPS) is 12.6. The van der Waals surface area contributed by atoms with Crippen LogP contribution in [-0.4, -0.2) is 25.2 Å². The summed E-state index contributed by atoms with van der Waals surface area (Å²) < 4.78 is 47.8. The Kier molecular flexibility index (Phi) is 4.70. The predicted octanol–water partition coefficient (Wildman–Crippen LogP) is 2.80. The van der Waals surface area contributed by atoms with Gasteiger partial charge in [0.1, 0.15) is 0 Å². The van der Waals surface area contributed by atoms with Crippen molar-refractivity contribution in [3.63, 3.8) is 0 Å². The summed E-state index contributed by atoms with van der Waals surface area (Å²) in [6.07, 6.45) is -4.47. The van der Waals surface area contributed by atoms with Gasteiger partial charge in [-0.1, -0.05) is 0 Å². The van der Waals surface area contributed by atoms with Crippen LogP contribution < -0.4 is 20.1 Å². The second-order valence-corrected chi connectivity index (χ2v) is 5.37. The third-order valence-corrected chi connectivity index (χ3v) is 3.54. The number of benzene rings is 2. The van der Waals surface area contributed by atoms with E-state index in [1.807, 2.05) is 0 Å². The van der Waals surface area contributed by atoms with Crippen LogP contribution in [0.15, 0.2) is 42.5 Å². The average Bonchev–Trinajstić information content (AvgIpc) is 3.07. The molecule has 2 aromatic carbocycles. The summed E-state index contributed by atoms with van der Waals surface area (Å²) in [6.45, 7) is -0.232. The number of hydrogen-bond acceptors (Lipinski definition) is 4. The topological polar surface area (TPSA) is 76.7 Å². The molecule has 6 nitrogen and oxygen atoms in total. The molecule has 0 unspecified atom stereocenters. The Hall–Kier alpha value is -3.23. The number of halogens is 3. The highest BCUT2D eigenvalue weighted by Gasteiger charge is 2.30. The van der Waals surface area contributed by atoms with Gasteiger partial charge in [0.15, 0.2) is 11.5 Å². The van der Waals surface area contributed by atoms with E-state index >= 15 is 0 Å². The van der Waals surface area contributed by atoms with Crippen LogP contribution >= 0.6 is 0 Å². The van der Waals surface area contributed by atoms with Crippen LogP contribution in [0.1, 0.15) is 15.9 Å². The number of alkyl halides is 3. The molecule has 26 heavy (non-hydrogen) atoms. The Morgan fingerprint density at radius 1 is 1.00 bits per heavy atom. The van der Waals surface area contributed by atoms with Crippen LogP contribution in [0.5, 0.6) is 11.5 Å². The van der Waals surface area contributed by atoms with Gasteiger partial charge in [-0.25, -0.2) is 0 Å². The number of carbonyl (C=O) groups is 2. The molecule has 1 aliphatic rings. The lowest BCUT2D eigenvalue weighted by Crippen LogP contribution is -2.32. The number of anilines is 1. The highest BCUT2D eigenvalue weighted by Crippen LogP contribution is 2.34. The number of fused-ring (bicyclic) bond motifs is 1. The second kappa shape index (κ2) is 6.95. The van der Waals surface area contributed by atoms with Gasteiger partial charge in [-0.05, 0) is 36.4 Å². The minimum atomic E-state index is -4.47. The van der Waals surface area contributed by atoms with Crippen molar-refractivity contribution < 1.29 is 32.2 Å². The Balaban J connectivity index is 1.53. The van der Waals surface area contributed by atoms with E-state index in [1.165, 1.54) is 0 Å². The van der Waals surface area contributed by atoms with E-state index in [1.54, 1.807) is 18.2 Å². The molecule has 3 rings (SSSR count). The highest BCUT2D eigenvalue weighted by molar-refractivity contribution is 5.99. The molecule has 0 radical (unpaired) electrons. The van der Waals surface area contributed by atoms with E-state index in [0.717, 1.165) is 24.3 Å². The Morgan fingerprint density at radius 2 is 1.69 bits per heavy atom. The maximum Gasteiger partial charge on any atom is 0.416 e. The monoisotopic (exact) mass is 366 g/mol. The van der Waals surface area contributed by atoms with Crippen molar-refractivity contribution in [3.05, 3.63) is 53.6 Å². The number of amides is 2. The molecular formula is C17H13F3N2O4. The number of ether oxygens (including phenoxy) is 2. The van der Waals surface area contributed by atoms with Gasteiger partial charge in [0.05, 0.1) is 12.1 Å². The second-order valence-electron chi connectivity index (χ2n) is 5.37. The lowest BCUT2D eigenvalue weighted by molar-refractivity contribution is -0.137. The third-order valence-electron chi connectivity index (χ3n) is 3.54. The van der Waals surface area contributed by atoms with Crippen LogP contribution in [-0.2, 0) is 11.0 Å². The molecular weight excluding hydrogens is 353 g/mol. The summed E-state index contributed by atoms with van der Waals surface area (Å²) >= 11 is 0. The van der Waals surface area contributed by atoms with Crippen molar-refractivity contribution in [1.29, 1.82) is 0 Å². The lowest BCUT2D eigenvalue weighted by atomic mass is 10.1. The third kappa shape index (κ3) is 4.05. The van der Waals surface area contributed by atoms with Crippen molar-refractivity contribution in [3.8, 4) is 11.5 Å². The smallest absolute Gasteiger partial charge is 0.416 e. The zero-order chi connectivity index (χ0) is 18.7. The van der Waals surface area contributed by atoms with Gasteiger partial charge in [-0.2, -0.15) is 13.2 Å². The minimum absolute atomic E-state index is 0.0221. The molecule has 1 aliphatic heterocycles. The van der Waals surface area contributed by atoms with Crippen LogP contribution in [0.4, 0.5) is 18.9 Å². The fourth-order valence-electron chi connectivity index (χ4n) is 2.25. The fraction of sp³-hybridized carbons (Fsp3) is 0.176. The molecule has 0 atom stereocenters. The van der Waals surface area contributed by atoms with Crippen molar-refractivity contribution >= 4 is 17.5 Å². The molecule has 0 aromatic heterocycles. The molecule has 0 fully saturated rings. The minimum Gasteiger partial charge on any atom is -0.454 e.